The van der Waals surface area contributed by atoms with Gasteiger partial charge in [0, 0.05) is 11.1 Å². The summed E-state index contributed by atoms with van der Waals surface area (Å²) >= 11 is 0. The van der Waals surface area contributed by atoms with Crippen LogP contribution in [-0.4, -0.2) is 18.7 Å². The molecule has 0 saturated heterocycles. The fourth-order valence-electron chi connectivity index (χ4n) is 2.50. The first-order chi connectivity index (χ1) is 12.7. The first kappa shape index (κ1) is 17.4. The van der Waals surface area contributed by atoms with E-state index in [1.165, 1.54) is 24.3 Å². The number of hydrogen-bond donors (Lipinski definition) is 1. The van der Waals surface area contributed by atoms with E-state index in [9.17, 15) is 9.18 Å². The number of benzene rings is 3. The number of rotatable bonds is 6. The zero-order valence-electron chi connectivity index (χ0n) is 14.0. The highest BCUT2D eigenvalue weighted by atomic mass is 19.1. The van der Waals surface area contributed by atoms with Crippen molar-refractivity contribution in [2.45, 2.75) is 0 Å². The average Bonchev–Trinajstić information content (AvgIpc) is 2.67. The third kappa shape index (κ3) is 3.95. The van der Waals surface area contributed by atoms with E-state index in [1.54, 1.807) is 12.3 Å². The Kier molecular flexibility index (Phi) is 5.39. The van der Waals surface area contributed by atoms with E-state index in [2.05, 4.69) is 17.1 Å². The van der Waals surface area contributed by atoms with Crippen LogP contribution in [0.1, 0.15) is 15.9 Å². The number of carbonyl (C=O) groups is 1. The Balaban J connectivity index is 1.86. The summed E-state index contributed by atoms with van der Waals surface area (Å²) in [5.41, 5.74) is 3.52. The maximum atomic E-state index is 12.9. The molecular formula is C21H17FN2O2. The molecule has 130 valence electrons. The molecule has 1 N–H and O–H groups in total. The van der Waals surface area contributed by atoms with Crippen molar-refractivity contribution in [3.05, 3.63) is 90.3 Å². The highest BCUT2D eigenvalue weighted by Crippen LogP contribution is 2.26. The molecular weight excluding hydrogens is 331 g/mol. The molecule has 0 aromatic heterocycles. The summed E-state index contributed by atoms with van der Waals surface area (Å²) in [7, 11) is 0. The van der Waals surface area contributed by atoms with Crippen molar-refractivity contribution >= 4 is 22.9 Å². The van der Waals surface area contributed by atoms with Gasteiger partial charge in [0.25, 0.3) is 5.91 Å². The molecule has 3 aromatic carbocycles. The third-order valence-electron chi connectivity index (χ3n) is 3.75. The molecule has 0 aliphatic heterocycles. The van der Waals surface area contributed by atoms with Crippen LogP contribution in [0.15, 0.2) is 78.4 Å². The Morgan fingerprint density at radius 1 is 1.12 bits per heavy atom. The van der Waals surface area contributed by atoms with Crippen LogP contribution in [0.5, 0.6) is 5.75 Å². The smallest absolute Gasteiger partial charge is 0.271 e. The predicted octanol–water partition coefficient (Wildman–Crippen LogP) is 4.31. The van der Waals surface area contributed by atoms with Gasteiger partial charge in [-0.05, 0) is 41.1 Å². The Morgan fingerprint density at radius 2 is 1.88 bits per heavy atom. The molecule has 26 heavy (non-hydrogen) atoms. The second-order valence-electron chi connectivity index (χ2n) is 5.50. The molecule has 0 radical (unpaired) electrons. The van der Waals surface area contributed by atoms with Gasteiger partial charge in [-0.3, -0.25) is 4.79 Å². The molecule has 3 rings (SSSR count). The minimum Gasteiger partial charge on any atom is -0.489 e. The van der Waals surface area contributed by atoms with Crippen LogP contribution in [0.3, 0.4) is 0 Å². The SMILES string of the molecule is C=CCOc1ccc2ccccc2c1/C=N\NC(=O)c1ccc(F)cc1. The summed E-state index contributed by atoms with van der Waals surface area (Å²) < 4.78 is 18.6. The molecule has 0 aliphatic rings. The fraction of sp³-hybridized carbons (Fsp3) is 0.0476. The van der Waals surface area contributed by atoms with E-state index in [0.29, 0.717) is 17.9 Å². The second-order valence-corrected chi connectivity index (χ2v) is 5.50. The summed E-state index contributed by atoms with van der Waals surface area (Å²) in [5, 5.41) is 6.02. The fourth-order valence-corrected chi connectivity index (χ4v) is 2.50. The number of fused-ring (bicyclic) bond motifs is 1. The van der Waals surface area contributed by atoms with Gasteiger partial charge in [0.05, 0.1) is 6.21 Å². The first-order valence-electron chi connectivity index (χ1n) is 8.03. The van der Waals surface area contributed by atoms with E-state index in [0.717, 1.165) is 16.3 Å². The van der Waals surface area contributed by atoms with Gasteiger partial charge in [0.2, 0.25) is 0 Å². The topological polar surface area (TPSA) is 50.7 Å². The van der Waals surface area contributed by atoms with Gasteiger partial charge in [-0.1, -0.05) is 43.0 Å². The van der Waals surface area contributed by atoms with Gasteiger partial charge in [-0.2, -0.15) is 5.10 Å². The van der Waals surface area contributed by atoms with Crippen molar-refractivity contribution in [2.24, 2.45) is 5.10 Å². The van der Waals surface area contributed by atoms with Crippen LogP contribution in [0.25, 0.3) is 10.8 Å². The predicted molar refractivity (Wildman–Crippen MR) is 101 cm³/mol. The number of halogens is 1. The average molecular weight is 348 g/mol. The first-order valence-corrected chi connectivity index (χ1v) is 8.03. The van der Waals surface area contributed by atoms with Gasteiger partial charge in [-0.15, -0.1) is 0 Å². The molecule has 0 heterocycles. The Bertz CT molecular complexity index is 965. The molecule has 0 spiro atoms. The lowest BCUT2D eigenvalue weighted by molar-refractivity contribution is 0.0955. The van der Waals surface area contributed by atoms with Gasteiger partial charge in [-0.25, -0.2) is 9.82 Å². The molecule has 0 atom stereocenters. The number of nitrogens with one attached hydrogen (secondary N) is 1. The van der Waals surface area contributed by atoms with Crippen molar-refractivity contribution < 1.29 is 13.9 Å². The van der Waals surface area contributed by atoms with Crippen LogP contribution < -0.4 is 10.2 Å². The van der Waals surface area contributed by atoms with E-state index in [1.807, 2.05) is 36.4 Å². The van der Waals surface area contributed by atoms with Crippen LogP contribution in [0.2, 0.25) is 0 Å². The number of hydrazone groups is 1. The van der Waals surface area contributed by atoms with Crippen molar-refractivity contribution in [1.29, 1.82) is 0 Å². The van der Waals surface area contributed by atoms with E-state index >= 15 is 0 Å². The number of hydrogen-bond acceptors (Lipinski definition) is 3. The lowest BCUT2D eigenvalue weighted by atomic mass is 10.0. The highest BCUT2D eigenvalue weighted by molar-refractivity contribution is 6.03. The molecule has 4 nitrogen and oxygen atoms in total. The molecule has 0 aliphatic carbocycles. The molecule has 0 bridgehead atoms. The standard InChI is InChI=1S/C21H17FN2O2/c1-2-13-26-20-12-9-15-5-3-4-6-18(15)19(20)14-23-24-21(25)16-7-10-17(22)11-8-16/h2-12,14H,1,13H2,(H,24,25)/b23-14-. The van der Waals surface area contributed by atoms with Gasteiger partial charge >= 0.3 is 0 Å². The van der Waals surface area contributed by atoms with Crippen molar-refractivity contribution in [1.82, 2.24) is 5.43 Å². The van der Waals surface area contributed by atoms with Crippen LogP contribution in [-0.2, 0) is 0 Å². The van der Waals surface area contributed by atoms with Crippen molar-refractivity contribution in [3.8, 4) is 5.75 Å². The number of nitrogens with zero attached hydrogens (tertiary/aromatic N) is 1. The maximum Gasteiger partial charge on any atom is 0.271 e. The van der Waals surface area contributed by atoms with E-state index < -0.39 is 11.7 Å². The van der Waals surface area contributed by atoms with Gasteiger partial charge in [0.1, 0.15) is 18.2 Å². The zero-order valence-corrected chi connectivity index (χ0v) is 14.0. The van der Waals surface area contributed by atoms with Gasteiger partial charge in [0.15, 0.2) is 0 Å². The maximum absolute atomic E-state index is 12.9. The summed E-state index contributed by atoms with van der Waals surface area (Å²) in [4.78, 5) is 12.1. The molecule has 3 aromatic rings. The largest absolute Gasteiger partial charge is 0.489 e. The third-order valence-corrected chi connectivity index (χ3v) is 3.75. The Morgan fingerprint density at radius 3 is 2.65 bits per heavy atom. The molecule has 1 amide bonds. The Labute approximate surface area is 150 Å². The summed E-state index contributed by atoms with van der Waals surface area (Å²) in [5.74, 6) is -0.178. The zero-order chi connectivity index (χ0) is 18.4. The molecule has 0 fully saturated rings. The van der Waals surface area contributed by atoms with Crippen LogP contribution in [0, 0.1) is 5.82 Å². The van der Waals surface area contributed by atoms with Crippen molar-refractivity contribution in [3.63, 3.8) is 0 Å². The van der Waals surface area contributed by atoms with Crippen LogP contribution in [0.4, 0.5) is 4.39 Å². The monoisotopic (exact) mass is 348 g/mol. The van der Waals surface area contributed by atoms with E-state index in [-0.39, 0.29) is 0 Å². The number of amides is 1. The quantitative estimate of drug-likeness (QED) is 0.410. The summed E-state index contributed by atoms with van der Waals surface area (Å²) in [6, 6.07) is 16.9. The molecule has 5 heteroatoms. The highest BCUT2D eigenvalue weighted by Gasteiger charge is 2.08. The minimum atomic E-state index is -0.421. The summed E-state index contributed by atoms with van der Waals surface area (Å²) in [6.45, 7) is 4.01. The normalized spacial score (nSPS) is 10.8. The number of ether oxygens (including phenoxy) is 1. The summed E-state index contributed by atoms with van der Waals surface area (Å²) in [6.07, 6.45) is 3.20. The van der Waals surface area contributed by atoms with Crippen molar-refractivity contribution in [2.75, 3.05) is 6.61 Å². The lowest BCUT2D eigenvalue weighted by Gasteiger charge is -2.10. The molecule has 0 saturated carbocycles. The molecule has 0 unspecified atom stereocenters. The van der Waals surface area contributed by atoms with E-state index in [4.69, 9.17) is 4.74 Å². The van der Waals surface area contributed by atoms with Crippen LogP contribution >= 0.6 is 0 Å². The van der Waals surface area contributed by atoms with Gasteiger partial charge < -0.3 is 4.74 Å². The minimum absolute atomic E-state index is 0.324. The Hall–Kier alpha value is -3.47. The second kappa shape index (κ2) is 8.07. The number of carbonyl (C=O) groups excluding carboxylic acids is 1. The lowest BCUT2D eigenvalue weighted by Crippen LogP contribution is -2.17.